The van der Waals surface area contributed by atoms with Crippen LogP contribution in [0.15, 0.2) is 0 Å². The number of hydrogen-bond acceptors (Lipinski definition) is 3. The van der Waals surface area contributed by atoms with Crippen LogP contribution in [0.2, 0.25) is 0 Å². The Morgan fingerprint density at radius 1 is 1.38 bits per heavy atom. The van der Waals surface area contributed by atoms with Crippen LogP contribution in [0.1, 0.15) is 40.0 Å². The summed E-state index contributed by atoms with van der Waals surface area (Å²) in [6.45, 7) is 6.78. The molecular weight excluding hydrogens is 206 g/mol. The molecule has 0 bridgehead atoms. The van der Waals surface area contributed by atoms with Crippen LogP contribution in [0.3, 0.4) is 0 Å². The molecule has 1 amide bonds. The molecule has 96 valence electrons. The van der Waals surface area contributed by atoms with Crippen LogP contribution < -0.4 is 5.32 Å². The van der Waals surface area contributed by atoms with E-state index in [0.717, 1.165) is 12.3 Å². The molecule has 4 nitrogen and oxygen atoms in total. The van der Waals surface area contributed by atoms with E-state index in [-0.39, 0.29) is 12.1 Å². The van der Waals surface area contributed by atoms with Crippen molar-refractivity contribution in [3.05, 3.63) is 0 Å². The standard InChI is InChI=1S/C10H19NO3.C2H6/c1-8(7-9-3-4-9)11-10(12)14-6-5-13-2;1-2/h8-9H,3-7H2,1-2H3,(H,11,12);1-2H3. The third-order valence-electron chi connectivity index (χ3n) is 2.27. The zero-order valence-corrected chi connectivity index (χ0v) is 10.9. The predicted octanol–water partition coefficient (Wildman–Crippen LogP) is 2.57. The maximum atomic E-state index is 11.1. The Morgan fingerprint density at radius 3 is 2.50 bits per heavy atom. The molecule has 0 radical (unpaired) electrons. The minimum absolute atomic E-state index is 0.220. The van der Waals surface area contributed by atoms with Crippen LogP contribution in [0.25, 0.3) is 0 Å². The highest BCUT2D eigenvalue weighted by Gasteiger charge is 2.24. The molecule has 1 saturated carbocycles. The fourth-order valence-electron chi connectivity index (χ4n) is 1.37. The van der Waals surface area contributed by atoms with Crippen molar-refractivity contribution in [1.82, 2.24) is 5.32 Å². The van der Waals surface area contributed by atoms with Crippen LogP contribution in [0, 0.1) is 5.92 Å². The van der Waals surface area contributed by atoms with Crippen LogP contribution in [-0.4, -0.2) is 32.5 Å². The van der Waals surface area contributed by atoms with Crippen LogP contribution in [-0.2, 0) is 9.47 Å². The summed E-state index contributed by atoms with van der Waals surface area (Å²) in [5.74, 6) is 0.823. The molecule has 1 atom stereocenters. The zero-order chi connectivity index (χ0) is 12.4. The summed E-state index contributed by atoms with van der Waals surface area (Å²) in [5.41, 5.74) is 0. The first-order chi connectivity index (χ1) is 7.72. The Labute approximate surface area is 98.7 Å². The van der Waals surface area contributed by atoms with Crippen molar-refractivity contribution in [3.63, 3.8) is 0 Å². The molecule has 1 rings (SSSR count). The molecule has 0 aromatic rings. The van der Waals surface area contributed by atoms with Gasteiger partial charge >= 0.3 is 6.09 Å². The normalized spacial score (nSPS) is 15.8. The topological polar surface area (TPSA) is 47.6 Å². The van der Waals surface area contributed by atoms with Crippen LogP contribution >= 0.6 is 0 Å². The fourth-order valence-corrected chi connectivity index (χ4v) is 1.37. The first kappa shape index (κ1) is 15.2. The Balaban J connectivity index is 0.00000106. The molecule has 0 aliphatic heterocycles. The van der Waals surface area contributed by atoms with Crippen molar-refractivity contribution in [1.29, 1.82) is 0 Å². The Hall–Kier alpha value is -0.770. The maximum Gasteiger partial charge on any atom is 0.407 e. The zero-order valence-electron chi connectivity index (χ0n) is 10.9. The van der Waals surface area contributed by atoms with Gasteiger partial charge in [0, 0.05) is 13.2 Å². The van der Waals surface area contributed by atoms with Crippen LogP contribution in [0.4, 0.5) is 4.79 Å². The lowest BCUT2D eigenvalue weighted by molar-refractivity contribution is 0.0965. The van der Waals surface area contributed by atoms with E-state index >= 15 is 0 Å². The minimum Gasteiger partial charge on any atom is -0.447 e. The fraction of sp³-hybridized carbons (Fsp3) is 0.917. The smallest absolute Gasteiger partial charge is 0.407 e. The summed E-state index contributed by atoms with van der Waals surface area (Å²) in [5, 5.41) is 2.79. The van der Waals surface area contributed by atoms with Gasteiger partial charge in [0.05, 0.1) is 6.61 Å². The molecule has 0 aromatic heterocycles. The summed E-state index contributed by atoms with van der Waals surface area (Å²) in [6, 6.07) is 0.220. The van der Waals surface area contributed by atoms with E-state index in [2.05, 4.69) is 5.32 Å². The molecule has 0 saturated heterocycles. The lowest BCUT2D eigenvalue weighted by Crippen LogP contribution is -2.33. The number of ether oxygens (including phenoxy) is 2. The molecule has 0 spiro atoms. The molecule has 16 heavy (non-hydrogen) atoms. The van der Waals surface area contributed by atoms with Gasteiger partial charge in [-0.15, -0.1) is 0 Å². The van der Waals surface area contributed by atoms with E-state index < -0.39 is 0 Å². The average molecular weight is 231 g/mol. The van der Waals surface area contributed by atoms with Gasteiger partial charge < -0.3 is 14.8 Å². The monoisotopic (exact) mass is 231 g/mol. The number of hydrogen-bond donors (Lipinski definition) is 1. The van der Waals surface area contributed by atoms with Gasteiger partial charge in [-0.3, -0.25) is 0 Å². The van der Waals surface area contributed by atoms with E-state index in [0.29, 0.717) is 13.2 Å². The van der Waals surface area contributed by atoms with E-state index in [1.54, 1.807) is 7.11 Å². The summed E-state index contributed by atoms with van der Waals surface area (Å²) in [6.07, 6.45) is 3.35. The van der Waals surface area contributed by atoms with Gasteiger partial charge in [-0.25, -0.2) is 4.79 Å². The van der Waals surface area contributed by atoms with Gasteiger partial charge in [0.2, 0.25) is 0 Å². The van der Waals surface area contributed by atoms with Gasteiger partial charge in [-0.05, 0) is 19.3 Å². The van der Waals surface area contributed by atoms with Gasteiger partial charge in [0.1, 0.15) is 6.61 Å². The molecule has 1 unspecified atom stereocenters. The van der Waals surface area contributed by atoms with E-state index in [4.69, 9.17) is 9.47 Å². The predicted molar refractivity (Wildman–Crippen MR) is 64.5 cm³/mol. The molecule has 1 aliphatic rings. The third kappa shape index (κ3) is 8.53. The van der Waals surface area contributed by atoms with Crippen LogP contribution in [0.5, 0.6) is 0 Å². The van der Waals surface area contributed by atoms with Gasteiger partial charge in [0.15, 0.2) is 0 Å². The quantitative estimate of drug-likeness (QED) is 0.715. The highest BCUT2D eigenvalue weighted by Crippen LogP contribution is 2.33. The van der Waals surface area contributed by atoms with Gasteiger partial charge in [0.25, 0.3) is 0 Å². The van der Waals surface area contributed by atoms with Gasteiger partial charge in [-0.1, -0.05) is 26.7 Å². The third-order valence-corrected chi connectivity index (χ3v) is 2.27. The second-order valence-corrected chi connectivity index (χ2v) is 3.85. The number of amides is 1. The van der Waals surface area contributed by atoms with E-state index in [9.17, 15) is 4.79 Å². The molecule has 1 N–H and O–H groups in total. The summed E-state index contributed by atoms with van der Waals surface area (Å²) in [4.78, 5) is 11.1. The highest BCUT2D eigenvalue weighted by molar-refractivity contribution is 5.67. The minimum atomic E-state index is -0.338. The first-order valence-corrected chi connectivity index (χ1v) is 6.14. The van der Waals surface area contributed by atoms with Crippen molar-refractivity contribution >= 4 is 6.09 Å². The Morgan fingerprint density at radius 2 is 2.00 bits per heavy atom. The molecule has 1 aliphatic carbocycles. The summed E-state index contributed by atoms with van der Waals surface area (Å²) in [7, 11) is 1.58. The number of carbonyl (C=O) groups excluding carboxylic acids is 1. The second-order valence-electron chi connectivity index (χ2n) is 3.85. The van der Waals surface area contributed by atoms with E-state index in [1.807, 2.05) is 20.8 Å². The van der Waals surface area contributed by atoms with E-state index in [1.165, 1.54) is 12.8 Å². The highest BCUT2D eigenvalue weighted by atomic mass is 16.6. The SMILES string of the molecule is CC.COCCOC(=O)NC(C)CC1CC1. The largest absolute Gasteiger partial charge is 0.447 e. The lowest BCUT2D eigenvalue weighted by atomic mass is 10.2. The number of alkyl carbamates (subject to hydrolysis) is 1. The molecular formula is C12H25NO3. The molecule has 0 aromatic carbocycles. The second kappa shape index (κ2) is 9.46. The number of nitrogens with one attached hydrogen (secondary N) is 1. The van der Waals surface area contributed by atoms with Crippen molar-refractivity contribution < 1.29 is 14.3 Å². The number of carbonyl (C=O) groups is 1. The molecule has 0 heterocycles. The number of rotatable bonds is 6. The summed E-state index contributed by atoms with van der Waals surface area (Å²) >= 11 is 0. The molecule has 4 heteroatoms. The molecule has 1 fully saturated rings. The Bertz CT molecular complexity index is 181. The summed E-state index contributed by atoms with van der Waals surface area (Å²) < 4.78 is 9.65. The van der Waals surface area contributed by atoms with Crippen molar-refractivity contribution in [2.75, 3.05) is 20.3 Å². The van der Waals surface area contributed by atoms with Crippen molar-refractivity contribution in [2.45, 2.75) is 46.1 Å². The Kier molecular flexibility index (Phi) is 9.00. The number of methoxy groups -OCH3 is 1. The lowest BCUT2D eigenvalue weighted by Gasteiger charge is -2.13. The van der Waals surface area contributed by atoms with Gasteiger partial charge in [-0.2, -0.15) is 0 Å². The van der Waals surface area contributed by atoms with Crippen molar-refractivity contribution in [2.24, 2.45) is 5.92 Å². The first-order valence-electron chi connectivity index (χ1n) is 6.14. The van der Waals surface area contributed by atoms with Crippen molar-refractivity contribution in [3.8, 4) is 0 Å². The maximum absolute atomic E-state index is 11.1. The average Bonchev–Trinajstić information content (AvgIpc) is 3.05.